The topological polar surface area (TPSA) is 23.8 Å². The van der Waals surface area contributed by atoms with Crippen molar-refractivity contribution in [2.45, 2.75) is 52.4 Å². The second-order valence-electron chi connectivity index (χ2n) is 4.79. The van der Waals surface area contributed by atoms with Crippen molar-refractivity contribution in [3.8, 4) is 6.07 Å². The zero-order chi connectivity index (χ0) is 13.8. The average Bonchev–Trinajstić information content (AvgIpc) is 2.38. The summed E-state index contributed by atoms with van der Waals surface area (Å²) in [4.78, 5) is 0. The minimum absolute atomic E-state index is 0.679. The van der Waals surface area contributed by atoms with Crippen molar-refractivity contribution in [1.82, 2.24) is 0 Å². The normalized spacial score (nSPS) is 11.1. The second-order valence-corrected chi connectivity index (χ2v) is 11.6. The first kappa shape index (κ1) is 15.6. The Labute approximate surface area is 134 Å². The van der Waals surface area contributed by atoms with E-state index in [4.69, 9.17) is 0 Å². The Balaban J connectivity index is 2.50. The van der Waals surface area contributed by atoms with Crippen molar-refractivity contribution in [3.63, 3.8) is 0 Å². The molecule has 0 unspecified atom stereocenters. The van der Waals surface area contributed by atoms with Crippen LogP contribution in [0.1, 0.15) is 56.2 Å². The van der Waals surface area contributed by atoms with Gasteiger partial charge in [0.2, 0.25) is 0 Å². The van der Waals surface area contributed by atoms with Gasteiger partial charge >= 0.3 is 135 Å². The molecular weight excluding hydrogens is 432 g/mol. The molecule has 0 aliphatic rings. The van der Waals surface area contributed by atoms with Gasteiger partial charge in [-0.1, -0.05) is 0 Å². The summed E-state index contributed by atoms with van der Waals surface area (Å²) in [6.45, 7) is 4.45. The van der Waals surface area contributed by atoms with Crippen molar-refractivity contribution < 1.29 is 0 Å². The third-order valence-electron chi connectivity index (χ3n) is 3.42. The van der Waals surface area contributed by atoms with Crippen LogP contribution in [0.3, 0.4) is 0 Å². The maximum atomic E-state index is 9.52. The fourth-order valence-corrected chi connectivity index (χ4v) is 10.5. The molecule has 19 heavy (non-hydrogen) atoms. The van der Waals surface area contributed by atoms with Crippen molar-refractivity contribution in [1.29, 1.82) is 5.26 Å². The molecule has 0 N–H and O–H groups in total. The van der Waals surface area contributed by atoms with Crippen molar-refractivity contribution in [2.24, 2.45) is 0 Å². The summed E-state index contributed by atoms with van der Waals surface area (Å²) in [5, 5.41) is 9.52. The van der Waals surface area contributed by atoms with E-state index in [-0.39, 0.29) is 0 Å². The Morgan fingerprint density at radius 1 is 1.00 bits per heavy atom. The summed E-state index contributed by atoms with van der Waals surface area (Å²) in [7, 11) is 0. The summed E-state index contributed by atoms with van der Waals surface area (Å²) in [5.74, 6) is 0. The number of hydrogen-bond donors (Lipinski definition) is 0. The molecule has 0 bridgehead atoms. The Morgan fingerprint density at radius 3 is 2.00 bits per heavy atom. The van der Waals surface area contributed by atoms with Crippen LogP contribution >= 0.6 is 15.9 Å². The number of rotatable bonds is 6. The number of aryl methyl sites for hydroxylation is 2. The Hall–Kier alpha value is 0.229. The van der Waals surface area contributed by atoms with E-state index in [0.717, 1.165) is 22.9 Å². The molecular formula is C15H18BrNSe2. The molecule has 0 aliphatic carbocycles. The molecule has 0 aliphatic heterocycles. The number of unbranched alkanes of at least 4 members (excludes halogenated alkanes) is 2. The van der Waals surface area contributed by atoms with Gasteiger partial charge in [0.15, 0.2) is 0 Å². The number of halogens is 1. The van der Waals surface area contributed by atoms with Crippen LogP contribution < -0.4 is 0 Å². The molecule has 0 spiro atoms. The van der Waals surface area contributed by atoms with E-state index in [1.54, 1.807) is 8.52 Å². The number of benzene rings is 1. The van der Waals surface area contributed by atoms with Gasteiger partial charge in [0.05, 0.1) is 0 Å². The zero-order valence-corrected chi connectivity index (χ0v) is 16.4. The summed E-state index contributed by atoms with van der Waals surface area (Å²) in [6.07, 6.45) is 7.08. The summed E-state index contributed by atoms with van der Waals surface area (Å²) in [5.41, 5.74) is 3.78. The average molecular weight is 450 g/mol. The molecule has 102 valence electrons. The molecule has 0 fully saturated rings. The van der Waals surface area contributed by atoms with E-state index in [9.17, 15) is 5.26 Å². The van der Waals surface area contributed by atoms with Gasteiger partial charge in [0.1, 0.15) is 0 Å². The Morgan fingerprint density at radius 2 is 1.53 bits per heavy atom. The molecule has 0 saturated carbocycles. The van der Waals surface area contributed by atoms with Crippen molar-refractivity contribution in [3.05, 3.63) is 21.2 Å². The van der Waals surface area contributed by atoms with Gasteiger partial charge in [-0.3, -0.25) is 0 Å². The molecule has 1 heterocycles. The molecule has 1 aromatic heterocycles. The number of nitrogens with zero attached hydrogens (tertiary/aromatic N) is 1. The van der Waals surface area contributed by atoms with E-state index in [1.165, 1.54) is 36.8 Å². The zero-order valence-electron chi connectivity index (χ0n) is 11.4. The number of nitriles is 1. The van der Waals surface area contributed by atoms with Crippen LogP contribution in [-0.4, -0.2) is 25.3 Å². The van der Waals surface area contributed by atoms with Crippen LogP contribution in [0.25, 0.3) is 8.52 Å². The minimum atomic E-state index is 0.679. The maximum absolute atomic E-state index is 9.52. The molecule has 0 saturated heterocycles. The van der Waals surface area contributed by atoms with E-state index in [0.29, 0.717) is 25.3 Å². The van der Waals surface area contributed by atoms with Gasteiger partial charge in [0.25, 0.3) is 0 Å². The number of fused-ring (bicyclic) bond motifs is 1. The molecule has 0 atom stereocenters. The van der Waals surface area contributed by atoms with Gasteiger partial charge in [-0.15, -0.1) is 0 Å². The second kappa shape index (κ2) is 7.30. The van der Waals surface area contributed by atoms with Gasteiger partial charge in [-0.25, -0.2) is 0 Å². The van der Waals surface area contributed by atoms with Crippen LogP contribution in [0.4, 0.5) is 0 Å². The van der Waals surface area contributed by atoms with Gasteiger partial charge in [-0.05, 0) is 0 Å². The first-order valence-electron chi connectivity index (χ1n) is 6.86. The molecule has 2 aromatic rings. The molecule has 0 radical (unpaired) electrons. The summed E-state index contributed by atoms with van der Waals surface area (Å²) >= 11 is 5.12. The van der Waals surface area contributed by atoms with Gasteiger partial charge in [-0.2, -0.15) is 0 Å². The quantitative estimate of drug-likeness (QED) is 0.604. The first-order valence-corrected chi connectivity index (χ1v) is 13.7. The SMILES string of the molecule is CCCCc1c(Br)c(C#N)c(CCCC)c2[se][se]c12. The molecule has 0 amide bonds. The standard InChI is InChI=1S/C15H18BrNSe2/c1-3-5-7-10-12(9-17)13(16)11(8-6-4-2)15-14(10)18-19-15/h3-8H2,1-2H3. The van der Waals surface area contributed by atoms with Crippen LogP contribution in [0.5, 0.6) is 0 Å². The first-order chi connectivity index (χ1) is 9.24. The third-order valence-corrected chi connectivity index (χ3v) is 12.3. The molecule has 2 rings (SSSR count). The fourth-order valence-electron chi connectivity index (χ4n) is 2.28. The molecule has 1 aromatic carbocycles. The predicted molar refractivity (Wildman–Crippen MR) is 87.5 cm³/mol. The summed E-state index contributed by atoms with van der Waals surface area (Å²) in [6, 6.07) is 2.46. The van der Waals surface area contributed by atoms with Gasteiger partial charge in [0, 0.05) is 0 Å². The van der Waals surface area contributed by atoms with Crippen molar-refractivity contribution >= 4 is 49.7 Å². The van der Waals surface area contributed by atoms with Crippen molar-refractivity contribution in [2.75, 3.05) is 0 Å². The van der Waals surface area contributed by atoms with Crippen LogP contribution in [0, 0.1) is 11.3 Å². The van der Waals surface area contributed by atoms with E-state index in [2.05, 4.69) is 35.8 Å². The predicted octanol–water partition coefficient (Wildman–Crippen LogP) is 4.27. The fraction of sp³-hybridized carbons (Fsp3) is 0.533. The van der Waals surface area contributed by atoms with Crippen LogP contribution in [-0.2, 0) is 12.8 Å². The van der Waals surface area contributed by atoms with E-state index < -0.39 is 0 Å². The monoisotopic (exact) mass is 451 g/mol. The Bertz CT molecular complexity index is 604. The van der Waals surface area contributed by atoms with Gasteiger partial charge < -0.3 is 0 Å². The third kappa shape index (κ3) is 3.12. The van der Waals surface area contributed by atoms with Crippen LogP contribution in [0.2, 0.25) is 0 Å². The van der Waals surface area contributed by atoms with E-state index in [1.807, 2.05) is 0 Å². The van der Waals surface area contributed by atoms with E-state index >= 15 is 0 Å². The number of hydrogen-bond acceptors (Lipinski definition) is 1. The molecule has 1 nitrogen and oxygen atoms in total. The molecule has 4 heteroatoms. The summed E-state index contributed by atoms with van der Waals surface area (Å²) < 4.78 is 4.34. The van der Waals surface area contributed by atoms with Crippen LogP contribution in [0.15, 0.2) is 4.47 Å². The Kier molecular flexibility index (Phi) is 6.00.